The maximum absolute atomic E-state index is 5.39. The van der Waals surface area contributed by atoms with Gasteiger partial charge in [0.25, 0.3) is 0 Å². The zero-order chi connectivity index (χ0) is 14.4. The molecule has 0 amide bonds. The Morgan fingerprint density at radius 1 is 1.05 bits per heavy atom. The van der Waals surface area contributed by atoms with E-state index in [1.807, 2.05) is 30.3 Å². The van der Waals surface area contributed by atoms with Crippen LogP contribution in [-0.2, 0) is 6.54 Å². The lowest BCUT2D eigenvalue weighted by atomic mass is 10.1. The molecule has 3 nitrogen and oxygen atoms in total. The van der Waals surface area contributed by atoms with Gasteiger partial charge in [0.05, 0.1) is 14.2 Å². The summed E-state index contributed by atoms with van der Waals surface area (Å²) in [6.07, 6.45) is 6.22. The van der Waals surface area contributed by atoms with Crippen LogP contribution in [0.2, 0.25) is 0 Å². The number of rotatable bonds is 5. The summed E-state index contributed by atoms with van der Waals surface area (Å²) >= 11 is 0. The molecule has 0 N–H and O–H groups in total. The van der Waals surface area contributed by atoms with Gasteiger partial charge in [0.15, 0.2) is 6.20 Å². The highest BCUT2D eigenvalue weighted by Gasteiger charge is 2.05. The average Bonchev–Trinajstić information content (AvgIpc) is 2.52. The molecular formula is C17H20INO2. The van der Waals surface area contributed by atoms with Crippen LogP contribution in [0.4, 0.5) is 0 Å². The molecule has 1 aromatic heterocycles. The van der Waals surface area contributed by atoms with E-state index in [4.69, 9.17) is 9.47 Å². The standard InChI is InChI=1S/C17H20NO2.HI/c1-4-18-12-6-5-7-15(18)10-8-14-9-11-16(19-2)13-17(14)20-3;/h5-13H,4H2,1-3H3;1H/q+1;/p-1. The highest BCUT2D eigenvalue weighted by molar-refractivity contribution is 5.71. The Balaban J connectivity index is 0.00000220. The Bertz CT molecular complexity index is 611. The smallest absolute Gasteiger partial charge is 0.205 e. The summed E-state index contributed by atoms with van der Waals surface area (Å²) in [4.78, 5) is 0. The molecule has 0 saturated heterocycles. The van der Waals surface area contributed by atoms with Gasteiger partial charge in [0.2, 0.25) is 5.69 Å². The molecule has 2 rings (SSSR count). The Morgan fingerprint density at radius 2 is 1.86 bits per heavy atom. The van der Waals surface area contributed by atoms with E-state index in [-0.39, 0.29) is 24.0 Å². The van der Waals surface area contributed by atoms with E-state index < -0.39 is 0 Å². The molecule has 0 fully saturated rings. The van der Waals surface area contributed by atoms with Gasteiger partial charge in [-0.25, -0.2) is 0 Å². The number of halogens is 1. The zero-order valence-corrected chi connectivity index (χ0v) is 14.7. The van der Waals surface area contributed by atoms with Crippen LogP contribution in [-0.4, -0.2) is 14.2 Å². The summed E-state index contributed by atoms with van der Waals surface area (Å²) in [7, 11) is 3.32. The summed E-state index contributed by atoms with van der Waals surface area (Å²) in [5, 5.41) is 0. The molecule has 0 aliphatic rings. The van der Waals surface area contributed by atoms with Crippen molar-refractivity contribution in [3.8, 4) is 11.5 Å². The van der Waals surface area contributed by atoms with Gasteiger partial charge in [-0.3, -0.25) is 0 Å². The van der Waals surface area contributed by atoms with Crippen LogP contribution in [0.1, 0.15) is 18.2 Å². The molecule has 0 radical (unpaired) electrons. The molecule has 1 aromatic carbocycles. The van der Waals surface area contributed by atoms with Crippen LogP contribution in [0.15, 0.2) is 42.6 Å². The van der Waals surface area contributed by atoms with Crippen LogP contribution < -0.4 is 38.0 Å². The lowest BCUT2D eigenvalue weighted by Gasteiger charge is -2.07. The number of benzene rings is 1. The molecule has 0 unspecified atom stereocenters. The lowest BCUT2D eigenvalue weighted by Crippen LogP contribution is -3.00. The van der Waals surface area contributed by atoms with Gasteiger partial charge in [0.1, 0.15) is 18.0 Å². The molecule has 112 valence electrons. The van der Waals surface area contributed by atoms with E-state index in [2.05, 4.69) is 35.9 Å². The van der Waals surface area contributed by atoms with E-state index >= 15 is 0 Å². The highest BCUT2D eigenvalue weighted by atomic mass is 127. The summed E-state index contributed by atoms with van der Waals surface area (Å²) in [5.74, 6) is 1.60. The van der Waals surface area contributed by atoms with Crippen LogP contribution in [0.25, 0.3) is 12.2 Å². The monoisotopic (exact) mass is 397 g/mol. The number of ether oxygens (including phenoxy) is 2. The summed E-state index contributed by atoms with van der Waals surface area (Å²) in [5.41, 5.74) is 2.19. The first-order valence-corrected chi connectivity index (χ1v) is 6.67. The summed E-state index contributed by atoms with van der Waals surface area (Å²) in [6, 6.07) is 12.0. The molecule has 4 heteroatoms. The van der Waals surface area contributed by atoms with Crippen molar-refractivity contribution in [3.05, 3.63) is 53.9 Å². The fraction of sp³-hybridized carbons (Fsp3) is 0.235. The number of aromatic nitrogens is 1. The number of methoxy groups -OCH3 is 2. The maximum atomic E-state index is 5.39. The van der Waals surface area contributed by atoms with Crippen molar-refractivity contribution in [1.82, 2.24) is 0 Å². The fourth-order valence-electron chi connectivity index (χ4n) is 2.06. The van der Waals surface area contributed by atoms with Crippen LogP contribution in [0.3, 0.4) is 0 Å². The van der Waals surface area contributed by atoms with Crippen LogP contribution in [0, 0.1) is 0 Å². The molecule has 0 saturated carbocycles. The van der Waals surface area contributed by atoms with Gasteiger partial charge in [-0.1, -0.05) is 0 Å². The van der Waals surface area contributed by atoms with Gasteiger partial charge >= 0.3 is 0 Å². The second kappa shape index (κ2) is 8.67. The first-order valence-electron chi connectivity index (χ1n) is 6.67. The molecule has 0 aliphatic heterocycles. The maximum Gasteiger partial charge on any atom is 0.205 e. The summed E-state index contributed by atoms with van der Waals surface area (Å²) < 4.78 is 12.8. The first-order chi connectivity index (χ1) is 9.78. The molecule has 1 heterocycles. The van der Waals surface area contributed by atoms with Crippen molar-refractivity contribution in [2.24, 2.45) is 0 Å². The van der Waals surface area contributed by atoms with Gasteiger partial charge in [-0.2, -0.15) is 4.57 Å². The molecule has 0 spiro atoms. The van der Waals surface area contributed by atoms with Crippen LogP contribution in [0.5, 0.6) is 11.5 Å². The van der Waals surface area contributed by atoms with Crippen molar-refractivity contribution in [1.29, 1.82) is 0 Å². The molecular weight excluding hydrogens is 377 g/mol. The normalized spacial score (nSPS) is 10.2. The largest absolute Gasteiger partial charge is 1.00 e. The topological polar surface area (TPSA) is 22.3 Å². The third-order valence-corrected chi connectivity index (χ3v) is 3.19. The predicted octanol–water partition coefficient (Wildman–Crippen LogP) is 0.186. The van der Waals surface area contributed by atoms with E-state index in [0.717, 1.165) is 29.3 Å². The zero-order valence-electron chi connectivity index (χ0n) is 12.5. The molecule has 0 atom stereocenters. The minimum Gasteiger partial charge on any atom is -1.00 e. The fourth-order valence-corrected chi connectivity index (χ4v) is 2.06. The Hall–Kier alpha value is -1.56. The van der Waals surface area contributed by atoms with Gasteiger partial charge < -0.3 is 33.5 Å². The predicted molar refractivity (Wildman–Crippen MR) is 80.8 cm³/mol. The second-order valence-corrected chi connectivity index (χ2v) is 4.35. The van der Waals surface area contributed by atoms with Crippen molar-refractivity contribution < 1.29 is 38.0 Å². The van der Waals surface area contributed by atoms with Gasteiger partial charge in [-0.05, 0) is 31.2 Å². The second-order valence-electron chi connectivity index (χ2n) is 4.35. The first kappa shape index (κ1) is 17.5. The van der Waals surface area contributed by atoms with Crippen molar-refractivity contribution >= 4 is 12.2 Å². The molecule has 21 heavy (non-hydrogen) atoms. The Kier molecular flexibility index (Phi) is 7.22. The number of hydrogen-bond donors (Lipinski definition) is 0. The lowest BCUT2D eigenvalue weighted by molar-refractivity contribution is -0.695. The minimum atomic E-state index is 0. The van der Waals surface area contributed by atoms with Crippen LogP contribution >= 0.6 is 0 Å². The molecule has 0 aliphatic carbocycles. The van der Waals surface area contributed by atoms with Gasteiger partial charge in [0, 0.05) is 29.8 Å². The average molecular weight is 397 g/mol. The Labute approximate surface area is 143 Å². The van der Waals surface area contributed by atoms with E-state index in [0.29, 0.717) is 0 Å². The third-order valence-electron chi connectivity index (χ3n) is 3.19. The SMILES string of the molecule is CC[n+]1ccccc1C=Cc1ccc(OC)cc1OC.[I-]. The number of nitrogens with zero attached hydrogens (tertiary/aromatic N) is 1. The number of hydrogen-bond acceptors (Lipinski definition) is 2. The molecule has 2 aromatic rings. The van der Waals surface area contributed by atoms with Crippen molar-refractivity contribution in [2.45, 2.75) is 13.5 Å². The number of aryl methyl sites for hydroxylation is 1. The van der Waals surface area contributed by atoms with Crippen molar-refractivity contribution in [2.75, 3.05) is 14.2 Å². The van der Waals surface area contributed by atoms with E-state index in [9.17, 15) is 0 Å². The quantitative estimate of drug-likeness (QED) is 0.531. The van der Waals surface area contributed by atoms with Crippen molar-refractivity contribution in [3.63, 3.8) is 0 Å². The minimum absolute atomic E-state index is 0. The highest BCUT2D eigenvalue weighted by Crippen LogP contribution is 2.25. The Morgan fingerprint density at radius 3 is 2.52 bits per heavy atom. The number of pyridine rings is 1. The van der Waals surface area contributed by atoms with E-state index in [1.54, 1.807) is 14.2 Å². The molecule has 0 bridgehead atoms. The summed E-state index contributed by atoms with van der Waals surface area (Å²) in [6.45, 7) is 3.07. The van der Waals surface area contributed by atoms with Gasteiger partial charge in [-0.15, -0.1) is 0 Å². The third kappa shape index (κ3) is 4.46. The van der Waals surface area contributed by atoms with E-state index in [1.165, 1.54) is 0 Å².